The maximum atomic E-state index is 12.4. The molecule has 0 aliphatic carbocycles. The summed E-state index contributed by atoms with van der Waals surface area (Å²) in [5.41, 5.74) is 3.22. The summed E-state index contributed by atoms with van der Waals surface area (Å²) in [7, 11) is 0. The first kappa shape index (κ1) is 18.2. The summed E-state index contributed by atoms with van der Waals surface area (Å²) in [4.78, 5) is 26.4. The molecular weight excluding hydrogens is 356 g/mol. The molecule has 4 rings (SSSR count). The van der Waals surface area contributed by atoms with Gasteiger partial charge in [0.1, 0.15) is 5.52 Å². The van der Waals surface area contributed by atoms with Gasteiger partial charge in [-0.25, -0.2) is 9.48 Å². The standard InChI is InChI=1S/C21H22N4O3/c1-15(20(26)24-12-4-5-13-24)28-21(27)17-10-8-16(9-11-17)14-25-19-7-3-2-6-18(19)22-23-25/h2-3,6-11,15H,4-5,12-14H2,1H3/t15-/m0/s1. The highest BCUT2D eigenvalue weighted by Gasteiger charge is 2.26. The number of amides is 1. The molecule has 1 saturated heterocycles. The second-order valence-electron chi connectivity index (χ2n) is 7.01. The Bertz CT molecular complexity index is 990. The third-order valence-electron chi connectivity index (χ3n) is 4.99. The fourth-order valence-corrected chi connectivity index (χ4v) is 3.43. The minimum Gasteiger partial charge on any atom is -0.449 e. The SMILES string of the molecule is C[C@H](OC(=O)c1ccc(Cn2nnc3ccccc32)cc1)C(=O)N1CCCC1. The van der Waals surface area contributed by atoms with Crippen LogP contribution in [0, 0.1) is 0 Å². The Morgan fingerprint density at radius 3 is 2.54 bits per heavy atom. The number of hydrogen-bond acceptors (Lipinski definition) is 5. The minimum absolute atomic E-state index is 0.125. The van der Waals surface area contributed by atoms with Crippen LogP contribution in [-0.2, 0) is 16.1 Å². The van der Waals surface area contributed by atoms with Crippen molar-refractivity contribution in [3.63, 3.8) is 0 Å². The van der Waals surface area contributed by atoms with E-state index in [1.807, 2.05) is 41.1 Å². The van der Waals surface area contributed by atoms with Crippen molar-refractivity contribution in [3.05, 3.63) is 59.7 Å². The van der Waals surface area contributed by atoms with Crippen LogP contribution < -0.4 is 0 Å². The first-order valence-electron chi connectivity index (χ1n) is 9.49. The summed E-state index contributed by atoms with van der Waals surface area (Å²) in [6, 6.07) is 14.9. The molecular formula is C21H22N4O3. The van der Waals surface area contributed by atoms with Crippen LogP contribution in [0.25, 0.3) is 11.0 Å². The zero-order valence-electron chi connectivity index (χ0n) is 15.7. The monoisotopic (exact) mass is 378 g/mol. The van der Waals surface area contributed by atoms with Crippen LogP contribution in [0.15, 0.2) is 48.5 Å². The lowest BCUT2D eigenvalue weighted by atomic mass is 10.1. The van der Waals surface area contributed by atoms with Gasteiger partial charge in [0.05, 0.1) is 17.6 Å². The van der Waals surface area contributed by atoms with Gasteiger partial charge in [-0.2, -0.15) is 0 Å². The number of esters is 1. The first-order valence-corrected chi connectivity index (χ1v) is 9.49. The molecule has 1 atom stereocenters. The second kappa shape index (κ2) is 7.80. The Balaban J connectivity index is 1.39. The van der Waals surface area contributed by atoms with E-state index in [0.29, 0.717) is 12.1 Å². The van der Waals surface area contributed by atoms with Crippen molar-refractivity contribution in [2.45, 2.75) is 32.4 Å². The average Bonchev–Trinajstić information content (AvgIpc) is 3.38. The molecule has 1 amide bonds. The van der Waals surface area contributed by atoms with Gasteiger partial charge in [-0.05, 0) is 49.6 Å². The number of ether oxygens (including phenoxy) is 1. The summed E-state index contributed by atoms with van der Waals surface area (Å²) >= 11 is 0. The van der Waals surface area contributed by atoms with Crippen LogP contribution >= 0.6 is 0 Å². The maximum absolute atomic E-state index is 12.4. The first-order chi connectivity index (χ1) is 13.6. The second-order valence-corrected chi connectivity index (χ2v) is 7.01. The number of fused-ring (bicyclic) bond motifs is 1. The van der Waals surface area contributed by atoms with E-state index in [4.69, 9.17) is 4.74 Å². The number of hydrogen-bond donors (Lipinski definition) is 0. The molecule has 28 heavy (non-hydrogen) atoms. The number of nitrogens with zero attached hydrogens (tertiary/aromatic N) is 4. The van der Waals surface area contributed by atoms with E-state index in [0.717, 1.165) is 42.5 Å². The molecule has 0 saturated carbocycles. The molecule has 0 spiro atoms. The molecule has 0 radical (unpaired) electrons. The van der Waals surface area contributed by atoms with Crippen LogP contribution in [0.4, 0.5) is 0 Å². The highest BCUT2D eigenvalue weighted by molar-refractivity contribution is 5.92. The molecule has 1 aliphatic rings. The Labute approximate surface area is 162 Å². The smallest absolute Gasteiger partial charge is 0.338 e. The van der Waals surface area contributed by atoms with Crippen molar-refractivity contribution in [2.24, 2.45) is 0 Å². The Morgan fingerprint density at radius 1 is 1.07 bits per heavy atom. The number of carbonyl (C=O) groups is 2. The molecule has 0 bridgehead atoms. The fourth-order valence-electron chi connectivity index (χ4n) is 3.43. The number of para-hydroxylation sites is 1. The molecule has 1 aliphatic heterocycles. The Kier molecular flexibility index (Phi) is 5.06. The van der Waals surface area contributed by atoms with Gasteiger partial charge >= 0.3 is 5.97 Å². The number of aromatic nitrogens is 3. The molecule has 0 N–H and O–H groups in total. The van der Waals surface area contributed by atoms with Crippen LogP contribution in [-0.4, -0.2) is 51.0 Å². The molecule has 2 aromatic carbocycles. The highest BCUT2D eigenvalue weighted by atomic mass is 16.5. The van der Waals surface area contributed by atoms with E-state index < -0.39 is 12.1 Å². The van der Waals surface area contributed by atoms with Gasteiger partial charge in [-0.1, -0.05) is 29.5 Å². The van der Waals surface area contributed by atoms with Crippen LogP contribution in [0.5, 0.6) is 0 Å². The predicted molar refractivity (Wildman–Crippen MR) is 104 cm³/mol. The summed E-state index contributed by atoms with van der Waals surface area (Å²) < 4.78 is 7.18. The predicted octanol–water partition coefficient (Wildman–Crippen LogP) is 2.65. The average molecular weight is 378 g/mol. The normalized spacial score (nSPS) is 15.0. The highest BCUT2D eigenvalue weighted by Crippen LogP contribution is 2.15. The van der Waals surface area contributed by atoms with Gasteiger partial charge in [0.15, 0.2) is 6.10 Å². The van der Waals surface area contributed by atoms with E-state index >= 15 is 0 Å². The number of rotatable bonds is 5. The maximum Gasteiger partial charge on any atom is 0.338 e. The minimum atomic E-state index is -0.771. The molecule has 1 fully saturated rings. The summed E-state index contributed by atoms with van der Waals surface area (Å²) in [5.74, 6) is -0.613. The van der Waals surface area contributed by atoms with Crippen molar-refractivity contribution in [1.82, 2.24) is 19.9 Å². The Morgan fingerprint density at radius 2 is 1.79 bits per heavy atom. The van der Waals surface area contributed by atoms with E-state index in [2.05, 4.69) is 10.3 Å². The van der Waals surface area contributed by atoms with Gasteiger partial charge in [0.25, 0.3) is 5.91 Å². The van der Waals surface area contributed by atoms with Crippen molar-refractivity contribution < 1.29 is 14.3 Å². The third kappa shape index (κ3) is 3.74. The van der Waals surface area contributed by atoms with Crippen molar-refractivity contribution >= 4 is 22.9 Å². The topological polar surface area (TPSA) is 77.3 Å². The number of benzene rings is 2. The van der Waals surface area contributed by atoms with Crippen LogP contribution in [0.1, 0.15) is 35.7 Å². The molecule has 7 heteroatoms. The molecule has 2 heterocycles. The fraction of sp³-hybridized carbons (Fsp3) is 0.333. The summed E-state index contributed by atoms with van der Waals surface area (Å²) in [6.07, 6.45) is 1.25. The van der Waals surface area contributed by atoms with E-state index in [9.17, 15) is 9.59 Å². The third-order valence-corrected chi connectivity index (χ3v) is 4.99. The van der Waals surface area contributed by atoms with Gasteiger partial charge in [-0.3, -0.25) is 4.79 Å². The Hall–Kier alpha value is -3.22. The summed E-state index contributed by atoms with van der Waals surface area (Å²) in [5, 5.41) is 8.32. The van der Waals surface area contributed by atoms with Crippen LogP contribution in [0.2, 0.25) is 0 Å². The van der Waals surface area contributed by atoms with E-state index in [1.165, 1.54) is 0 Å². The number of carbonyl (C=O) groups excluding carboxylic acids is 2. The zero-order chi connectivity index (χ0) is 19.5. The van der Waals surface area contributed by atoms with Gasteiger partial charge in [-0.15, -0.1) is 5.10 Å². The van der Waals surface area contributed by atoms with Crippen LogP contribution in [0.3, 0.4) is 0 Å². The van der Waals surface area contributed by atoms with Gasteiger partial charge in [0, 0.05) is 13.1 Å². The molecule has 3 aromatic rings. The molecule has 0 unspecified atom stereocenters. The molecule has 144 valence electrons. The van der Waals surface area contributed by atoms with E-state index in [-0.39, 0.29) is 5.91 Å². The lowest BCUT2D eigenvalue weighted by Gasteiger charge is -2.20. The van der Waals surface area contributed by atoms with Crippen molar-refractivity contribution in [3.8, 4) is 0 Å². The van der Waals surface area contributed by atoms with Crippen molar-refractivity contribution in [2.75, 3.05) is 13.1 Å². The number of likely N-dealkylation sites (tertiary alicyclic amines) is 1. The zero-order valence-corrected chi connectivity index (χ0v) is 15.7. The summed E-state index contributed by atoms with van der Waals surface area (Å²) in [6.45, 7) is 3.67. The molecule has 7 nitrogen and oxygen atoms in total. The largest absolute Gasteiger partial charge is 0.449 e. The van der Waals surface area contributed by atoms with E-state index in [1.54, 1.807) is 24.0 Å². The van der Waals surface area contributed by atoms with Crippen molar-refractivity contribution in [1.29, 1.82) is 0 Å². The lowest BCUT2D eigenvalue weighted by Crippen LogP contribution is -2.38. The van der Waals surface area contributed by atoms with Gasteiger partial charge in [0.2, 0.25) is 0 Å². The lowest BCUT2D eigenvalue weighted by molar-refractivity contribution is -0.138. The van der Waals surface area contributed by atoms with Gasteiger partial charge < -0.3 is 9.64 Å². The quantitative estimate of drug-likeness (QED) is 0.638. The molecule has 1 aromatic heterocycles.